The average molecular weight is 373 g/mol. The first kappa shape index (κ1) is 20.0. The molecule has 0 bridgehead atoms. The van der Waals surface area contributed by atoms with Gasteiger partial charge in [-0.05, 0) is 45.0 Å². The van der Waals surface area contributed by atoms with Crippen LogP contribution >= 0.6 is 0 Å². The number of amides is 1. The van der Waals surface area contributed by atoms with Crippen molar-refractivity contribution in [3.05, 3.63) is 48.3 Å². The third-order valence-electron chi connectivity index (χ3n) is 3.35. The first-order valence-electron chi connectivity index (χ1n) is 8.33. The van der Waals surface area contributed by atoms with E-state index in [4.69, 9.17) is 20.3 Å². The predicted octanol–water partition coefficient (Wildman–Crippen LogP) is 3.18. The predicted molar refractivity (Wildman–Crippen MR) is 101 cm³/mol. The fourth-order valence-corrected chi connectivity index (χ4v) is 2.25. The van der Waals surface area contributed by atoms with Crippen molar-refractivity contribution in [2.45, 2.75) is 26.4 Å². The third kappa shape index (κ3) is 6.18. The van der Waals surface area contributed by atoms with Gasteiger partial charge in [0.1, 0.15) is 18.0 Å². The molecular weight excluding hydrogens is 350 g/mol. The van der Waals surface area contributed by atoms with Crippen molar-refractivity contribution in [3.63, 3.8) is 0 Å². The van der Waals surface area contributed by atoms with Crippen LogP contribution in [-0.2, 0) is 4.74 Å². The molecule has 1 amide bonds. The first-order chi connectivity index (χ1) is 12.7. The number of nitrogens with two attached hydrogens (primary N) is 1. The summed E-state index contributed by atoms with van der Waals surface area (Å²) in [4.78, 5) is 29.0. The number of carboxylic acid groups (broad SMARTS) is 1. The molecule has 1 heterocycles. The Kier molecular flexibility index (Phi) is 6.23. The molecule has 8 nitrogen and oxygen atoms in total. The van der Waals surface area contributed by atoms with Gasteiger partial charge in [0, 0.05) is 24.1 Å². The minimum atomic E-state index is -1.10. The van der Waals surface area contributed by atoms with Crippen LogP contribution in [0.25, 0.3) is 0 Å². The number of ether oxygens (including phenoxy) is 2. The monoisotopic (exact) mass is 373 g/mol. The molecule has 0 atom stereocenters. The molecule has 1 aromatic carbocycles. The molecule has 0 aliphatic carbocycles. The van der Waals surface area contributed by atoms with Gasteiger partial charge < -0.3 is 20.3 Å². The largest absolute Gasteiger partial charge is 0.492 e. The highest BCUT2D eigenvalue weighted by atomic mass is 16.6. The zero-order valence-corrected chi connectivity index (χ0v) is 15.5. The number of carboxylic acids is 1. The zero-order valence-electron chi connectivity index (χ0n) is 15.5. The van der Waals surface area contributed by atoms with Crippen LogP contribution in [0.15, 0.2) is 42.7 Å². The van der Waals surface area contributed by atoms with Crippen LogP contribution in [0.3, 0.4) is 0 Å². The molecule has 8 heteroatoms. The van der Waals surface area contributed by atoms with E-state index >= 15 is 0 Å². The number of anilines is 2. The molecule has 0 aliphatic heterocycles. The molecule has 2 rings (SSSR count). The third-order valence-corrected chi connectivity index (χ3v) is 3.35. The fraction of sp³-hybridized carbons (Fsp3) is 0.316. The Morgan fingerprint density at radius 2 is 1.85 bits per heavy atom. The summed E-state index contributed by atoms with van der Waals surface area (Å²) in [5.41, 5.74) is 5.98. The number of rotatable bonds is 6. The molecule has 0 aliphatic rings. The van der Waals surface area contributed by atoms with E-state index < -0.39 is 17.7 Å². The van der Waals surface area contributed by atoms with E-state index in [0.29, 0.717) is 11.4 Å². The van der Waals surface area contributed by atoms with E-state index in [0.717, 1.165) is 0 Å². The number of carbonyl (C=O) groups excluding carboxylic acids is 1. The highest BCUT2D eigenvalue weighted by Crippen LogP contribution is 2.20. The Labute approximate surface area is 157 Å². The number of hydrogen-bond acceptors (Lipinski definition) is 6. The molecule has 1 aromatic heterocycles. The lowest BCUT2D eigenvalue weighted by Crippen LogP contribution is -2.39. The van der Waals surface area contributed by atoms with Gasteiger partial charge in [-0.2, -0.15) is 0 Å². The van der Waals surface area contributed by atoms with Crippen LogP contribution in [0.4, 0.5) is 16.2 Å². The number of benzene rings is 1. The van der Waals surface area contributed by atoms with E-state index in [1.165, 1.54) is 23.1 Å². The lowest BCUT2D eigenvalue weighted by atomic mass is 10.2. The highest BCUT2D eigenvalue weighted by Gasteiger charge is 2.23. The molecule has 0 spiro atoms. The molecule has 0 saturated carbocycles. The fourth-order valence-electron chi connectivity index (χ4n) is 2.25. The highest BCUT2D eigenvalue weighted by molar-refractivity contribution is 5.89. The summed E-state index contributed by atoms with van der Waals surface area (Å²) in [5, 5.41) is 9.09. The maximum absolute atomic E-state index is 12.5. The number of hydrogen-bond donors (Lipinski definition) is 2. The second-order valence-corrected chi connectivity index (χ2v) is 6.78. The molecule has 144 valence electrons. The maximum Gasteiger partial charge on any atom is 0.414 e. The molecule has 0 radical (unpaired) electrons. The van der Waals surface area contributed by atoms with Gasteiger partial charge in [-0.3, -0.25) is 9.88 Å². The van der Waals surface area contributed by atoms with Crippen molar-refractivity contribution in [3.8, 4) is 5.75 Å². The molecule has 0 fully saturated rings. The summed E-state index contributed by atoms with van der Waals surface area (Å²) >= 11 is 0. The van der Waals surface area contributed by atoms with Crippen molar-refractivity contribution in [2.24, 2.45) is 0 Å². The molecular formula is C19H23N3O5. The van der Waals surface area contributed by atoms with E-state index in [9.17, 15) is 9.59 Å². The lowest BCUT2D eigenvalue weighted by Gasteiger charge is -2.27. The van der Waals surface area contributed by atoms with Gasteiger partial charge in [-0.25, -0.2) is 9.59 Å². The Hall–Kier alpha value is -3.29. The molecule has 2 aromatic rings. The van der Waals surface area contributed by atoms with Gasteiger partial charge in [-0.1, -0.05) is 0 Å². The van der Waals surface area contributed by atoms with E-state index in [1.807, 2.05) is 0 Å². The van der Waals surface area contributed by atoms with Gasteiger partial charge in [-0.15, -0.1) is 0 Å². The summed E-state index contributed by atoms with van der Waals surface area (Å²) in [6.45, 7) is 5.66. The van der Waals surface area contributed by atoms with Crippen LogP contribution in [0, 0.1) is 0 Å². The molecule has 3 N–H and O–H groups in total. The summed E-state index contributed by atoms with van der Waals surface area (Å²) in [6.07, 6.45) is 2.63. The summed E-state index contributed by atoms with van der Waals surface area (Å²) in [5.74, 6) is -0.786. The van der Waals surface area contributed by atoms with Crippen molar-refractivity contribution >= 4 is 23.4 Å². The average Bonchev–Trinajstić information content (AvgIpc) is 2.57. The van der Waals surface area contributed by atoms with Gasteiger partial charge in [0.25, 0.3) is 0 Å². The van der Waals surface area contributed by atoms with Crippen LogP contribution in [0.5, 0.6) is 5.75 Å². The molecule has 0 unspecified atom stereocenters. The van der Waals surface area contributed by atoms with Gasteiger partial charge in [0.15, 0.2) is 0 Å². The van der Waals surface area contributed by atoms with Crippen molar-refractivity contribution in [1.82, 2.24) is 4.98 Å². The number of carbonyl (C=O) groups is 2. The van der Waals surface area contributed by atoms with Crippen LogP contribution in [-0.4, -0.2) is 40.9 Å². The van der Waals surface area contributed by atoms with Crippen molar-refractivity contribution in [1.29, 1.82) is 0 Å². The van der Waals surface area contributed by atoms with Gasteiger partial charge in [0.2, 0.25) is 0 Å². The number of pyridine rings is 1. The Morgan fingerprint density at radius 1 is 1.19 bits per heavy atom. The van der Waals surface area contributed by atoms with Gasteiger partial charge in [0.05, 0.1) is 17.8 Å². The van der Waals surface area contributed by atoms with Gasteiger partial charge >= 0.3 is 12.1 Å². The van der Waals surface area contributed by atoms with Crippen molar-refractivity contribution < 1.29 is 24.2 Å². The topological polar surface area (TPSA) is 115 Å². The molecule has 27 heavy (non-hydrogen) atoms. The van der Waals surface area contributed by atoms with E-state index in [1.54, 1.807) is 45.3 Å². The SMILES string of the molecule is CC(C)(C)OC(=O)N(CCOc1cc(N)cc(C(=O)O)c1)c1ccncc1. The first-order valence-corrected chi connectivity index (χ1v) is 8.33. The van der Waals surface area contributed by atoms with Crippen molar-refractivity contribution in [2.75, 3.05) is 23.8 Å². The van der Waals surface area contributed by atoms with E-state index in [2.05, 4.69) is 4.98 Å². The maximum atomic E-state index is 12.5. The summed E-state index contributed by atoms with van der Waals surface area (Å²) in [6, 6.07) is 7.62. The number of nitrogens with zero attached hydrogens (tertiary/aromatic N) is 2. The second-order valence-electron chi connectivity index (χ2n) is 6.78. The van der Waals surface area contributed by atoms with Crippen LogP contribution in [0.1, 0.15) is 31.1 Å². The summed E-state index contributed by atoms with van der Waals surface area (Å²) < 4.78 is 11.0. The Bertz CT molecular complexity index is 803. The zero-order chi connectivity index (χ0) is 20.0. The molecule has 0 saturated heterocycles. The minimum Gasteiger partial charge on any atom is -0.492 e. The summed E-state index contributed by atoms with van der Waals surface area (Å²) in [7, 11) is 0. The quantitative estimate of drug-likeness (QED) is 0.747. The Morgan fingerprint density at radius 3 is 2.44 bits per heavy atom. The van der Waals surface area contributed by atoms with Crippen LogP contribution < -0.4 is 15.4 Å². The normalized spacial score (nSPS) is 10.9. The lowest BCUT2D eigenvalue weighted by molar-refractivity contribution is 0.0574. The number of aromatic nitrogens is 1. The number of aromatic carboxylic acids is 1. The van der Waals surface area contributed by atoms with Crippen LogP contribution in [0.2, 0.25) is 0 Å². The standard InChI is InChI=1S/C19H23N3O5/c1-19(2,3)27-18(25)22(15-4-6-21-7-5-15)8-9-26-16-11-13(17(23)24)10-14(20)12-16/h4-7,10-12H,8-9,20H2,1-3H3,(H,23,24). The number of nitrogen functional groups attached to an aromatic ring is 1. The smallest absolute Gasteiger partial charge is 0.414 e. The van der Waals surface area contributed by atoms with E-state index in [-0.39, 0.29) is 24.4 Å². The second kappa shape index (κ2) is 8.39. The Balaban J connectivity index is 2.10. The minimum absolute atomic E-state index is 0.0307.